The number of benzene rings is 2. The number of methoxy groups -OCH3 is 1. The highest BCUT2D eigenvalue weighted by molar-refractivity contribution is 6.03. The summed E-state index contributed by atoms with van der Waals surface area (Å²) >= 11 is 0. The minimum absolute atomic E-state index is 0.141. The molecule has 31 heavy (non-hydrogen) atoms. The lowest BCUT2D eigenvalue weighted by Gasteiger charge is -2.08. The summed E-state index contributed by atoms with van der Waals surface area (Å²) in [6.45, 7) is 0.547. The van der Waals surface area contributed by atoms with Crippen LogP contribution >= 0.6 is 0 Å². The molecule has 0 saturated carbocycles. The van der Waals surface area contributed by atoms with E-state index in [1.807, 2.05) is 30.3 Å². The Morgan fingerprint density at radius 3 is 2.81 bits per heavy atom. The molecular formula is C23H19N3O5. The number of carboxylic acid groups (broad SMARTS) is 1. The highest BCUT2D eigenvalue weighted by Crippen LogP contribution is 2.29. The lowest BCUT2D eigenvalue weighted by molar-refractivity contribution is -0.131. The molecule has 1 aliphatic heterocycles. The summed E-state index contributed by atoms with van der Waals surface area (Å²) in [6, 6.07) is 12.4. The minimum Gasteiger partial charge on any atom is -0.497 e. The smallest absolute Gasteiger partial charge is 0.328 e. The van der Waals surface area contributed by atoms with E-state index in [4.69, 9.17) is 9.84 Å². The number of carboxylic acids is 1. The molecule has 0 bridgehead atoms. The fourth-order valence-corrected chi connectivity index (χ4v) is 3.50. The number of rotatable bonds is 5. The zero-order valence-electron chi connectivity index (χ0n) is 16.7. The molecule has 0 fully saturated rings. The first-order valence-corrected chi connectivity index (χ1v) is 9.56. The number of hydrogen-bond donors (Lipinski definition) is 2. The Morgan fingerprint density at radius 2 is 2.03 bits per heavy atom. The van der Waals surface area contributed by atoms with E-state index in [0.717, 1.165) is 29.0 Å². The summed E-state index contributed by atoms with van der Waals surface area (Å²) in [5.74, 6) is -0.462. The molecule has 8 nitrogen and oxygen atoms in total. The summed E-state index contributed by atoms with van der Waals surface area (Å²) in [7, 11) is 1.61. The van der Waals surface area contributed by atoms with Crippen LogP contribution < -0.4 is 15.6 Å². The first-order valence-electron chi connectivity index (χ1n) is 9.56. The lowest BCUT2D eigenvalue weighted by atomic mass is 10.1. The fraction of sp³-hybridized carbons (Fsp3) is 0.130. The summed E-state index contributed by atoms with van der Waals surface area (Å²) in [5, 5.41) is 11.6. The fourth-order valence-electron chi connectivity index (χ4n) is 3.50. The van der Waals surface area contributed by atoms with Gasteiger partial charge in [0, 0.05) is 24.4 Å². The van der Waals surface area contributed by atoms with Gasteiger partial charge in [0.2, 0.25) is 5.91 Å². The molecule has 0 aliphatic carbocycles. The Labute approximate surface area is 177 Å². The van der Waals surface area contributed by atoms with Crippen LogP contribution in [-0.4, -0.2) is 33.6 Å². The van der Waals surface area contributed by atoms with Crippen LogP contribution in [0.3, 0.4) is 0 Å². The number of ether oxygens (including phenoxy) is 1. The lowest BCUT2D eigenvalue weighted by Crippen LogP contribution is -2.21. The van der Waals surface area contributed by atoms with Gasteiger partial charge in [-0.15, -0.1) is 0 Å². The van der Waals surface area contributed by atoms with E-state index in [-0.39, 0.29) is 5.56 Å². The summed E-state index contributed by atoms with van der Waals surface area (Å²) in [5.41, 5.74) is 2.61. The van der Waals surface area contributed by atoms with Crippen molar-refractivity contribution in [3.05, 3.63) is 76.4 Å². The van der Waals surface area contributed by atoms with Gasteiger partial charge in [0.05, 0.1) is 18.0 Å². The molecule has 1 aromatic heterocycles. The standard InChI is InChI=1S/C23H19N3O5/c1-31-17-4-2-3-14(12-17)11-15-9-10-26-22(15)25-19-13-16(5-6-18(19)23(26)30)24-20(27)7-8-21(28)29/h2-8,11-13H,9-10H2,1H3,(H,24,27)(H,28,29)/b8-7+,15-11?. The largest absolute Gasteiger partial charge is 0.497 e. The number of carbonyl (C=O) groups excluding carboxylic acids is 1. The summed E-state index contributed by atoms with van der Waals surface area (Å²) in [6.07, 6.45) is 4.34. The molecule has 0 saturated heterocycles. The van der Waals surface area contributed by atoms with Crippen LogP contribution in [0, 0.1) is 0 Å². The van der Waals surface area contributed by atoms with Gasteiger partial charge < -0.3 is 15.2 Å². The van der Waals surface area contributed by atoms with Gasteiger partial charge in [-0.1, -0.05) is 12.1 Å². The van der Waals surface area contributed by atoms with Crippen LogP contribution in [0.4, 0.5) is 5.69 Å². The van der Waals surface area contributed by atoms with Crippen LogP contribution in [0.1, 0.15) is 17.8 Å². The SMILES string of the molecule is COc1cccc(C=C2CCn3c2nc2cc(NC(=O)/C=C/C(=O)O)ccc2c3=O)c1. The van der Waals surface area contributed by atoms with Crippen LogP contribution in [0.2, 0.25) is 0 Å². The molecule has 0 radical (unpaired) electrons. The molecule has 3 aromatic rings. The maximum absolute atomic E-state index is 12.9. The molecular weight excluding hydrogens is 398 g/mol. The van der Waals surface area contributed by atoms with Crippen LogP contribution in [0.15, 0.2) is 59.4 Å². The van der Waals surface area contributed by atoms with Crippen molar-refractivity contribution in [3.63, 3.8) is 0 Å². The van der Waals surface area contributed by atoms with Crippen molar-refractivity contribution in [2.75, 3.05) is 12.4 Å². The average Bonchev–Trinajstić information content (AvgIpc) is 3.15. The number of nitrogens with one attached hydrogen (secondary N) is 1. The van der Waals surface area contributed by atoms with Crippen LogP contribution in [-0.2, 0) is 16.1 Å². The summed E-state index contributed by atoms with van der Waals surface area (Å²) in [4.78, 5) is 40.0. The predicted molar refractivity (Wildman–Crippen MR) is 117 cm³/mol. The molecule has 4 rings (SSSR count). The number of aromatic nitrogens is 2. The number of aliphatic carboxylic acids is 1. The molecule has 156 valence electrons. The number of nitrogens with zero attached hydrogens (tertiary/aromatic N) is 2. The molecule has 1 amide bonds. The highest BCUT2D eigenvalue weighted by Gasteiger charge is 2.21. The zero-order valence-corrected chi connectivity index (χ0v) is 16.7. The number of carbonyl (C=O) groups is 2. The molecule has 0 atom stereocenters. The summed E-state index contributed by atoms with van der Waals surface area (Å²) < 4.78 is 6.92. The van der Waals surface area contributed by atoms with Crippen molar-refractivity contribution in [2.24, 2.45) is 0 Å². The molecule has 2 N–H and O–H groups in total. The van der Waals surface area contributed by atoms with Gasteiger partial charge in [-0.3, -0.25) is 14.2 Å². The van der Waals surface area contributed by atoms with E-state index in [1.54, 1.807) is 29.9 Å². The van der Waals surface area contributed by atoms with E-state index in [0.29, 0.717) is 35.4 Å². The van der Waals surface area contributed by atoms with E-state index in [2.05, 4.69) is 10.3 Å². The quantitative estimate of drug-likeness (QED) is 0.618. The molecule has 2 aromatic carbocycles. The van der Waals surface area contributed by atoms with Crippen molar-refractivity contribution in [2.45, 2.75) is 13.0 Å². The van der Waals surface area contributed by atoms with Crippen molar-refractivity contribution in [3.8, 4) is 5.75 Å². The van der Waals surface area contributed by atoms with Gasteiger partial charge >= 0.3 is 5.97 Å². The number of amides is 1. The predicted octanol–water partition coefficient (Wildman–Crippen LogP) is 2.93. The first-order chi connectivity index (χ1) is 14.9. The van der Waals surface area contributed by atoms with Gasteiger partial charge in [-0.2, -0.15) is 0 Å². The first kappa shape index (κ1) is 20.1. The maximum atomic E-state index is 12.9. The Morgan fingerprint density at radius 1 is 1.19 bits per heavy atom. The Kier molecular flexibility index (Phi) is 5.36. The van der Waals surface area contributed by atoms with E-state index in [1.165, 1.54) is 0 Å². The molecule has 0 unspecified atom stereocenters. The van der Waals surface area contributed by atoms with Crippen molar-refractivity contribution < 1.29 is 19.4 Å². The third-order valence-corrected chi connectivity index (χ3v) is 4.93. The molecule has 1 aliphatic rings. The minimum atomic E-state index is -1.21. The molecule has 8 heteroatoms. The van der Waals surface area contributed by atoms with Gasteiger partial charge in [0.1, 0.15) is 11.6 Å². The number of allylic oxidation sites excluding steroid dienone is 1. The maximum Gasteiger partial charge on any atom is 0.328 e. The number of anilines is 1. The van der Waals surface area contributed by atoms with Gasteiger partial charge in [0.15, 0.2) is 0 Å². The highest BCUT2D eigenvalue weighted by atomic mass is 16.5. The number of hydrogen-bond acceptors (Lipinski definition) is 5. The number of fused-ring (bicyclic) bond motifs is 2. The molecule has 2 heterocycles. The zero-order chi connectivity index (χ0) is 22.0. The Balaban J connectivity index is 1.71. The van der Waals surface area contributed by atoms with Crippen LogP contribution in [0.25, 0.3) is 22.6 Å². The van der Waals surface area contributed by atoms with Gasteiger partial charge in [-0.05, 0) is 54.0 Å². The third kappa shape index (κ3) is 4.23. The Bertz CT molecular complexity index is 1320. The van der Waals surface area contributed by atoms with E-state index < -0.39 is 11.9 Å². The van der Waals surface area contributed by atoms with Crippen molar-refractivity contribution >= 4 is 40.1 Å². The monoisotopic (exact) mass is 417 g/mol. The normalized spacial score (nSPS) is 14.2. The molecule has 0 spiro atoms. The van der Waals surface area contributed by atoms with E-state index in [9.17, 15) is 14.4 Å². The second-order valence-corrected chi connectivity index (χ2v) is 6.98. The van der Waals surface area contributed by atoms with Crippen molar-refractivity contribution in [1.82, 2.24) is 9.55 Å². The van der Waals surface area contributed by atoms with E-state index >= 15 is 0 Å². The second kappa shape index (κ2) is 8.27. The Hall–Kier alpha value is -4.20. The second-order valence-electron chi connectivity index (χ2n) is 6.98. The van der Waals surface area contributed by atoms with Crippen molar-refractivity contribution in [1.29, 1.82) is 0 Å². The van der Waals surface area contributed by atoms with Crippen LogP contribution in [0.5, 0.6) is 5.75 Å². The average molecular weight is 417 g/mol. The third-order valence-electron chi connectivity index (χ3n) is 4.93. The van der Waals surface area contributed by atoms with Gasteiger partial charge in [-0.25, -0.2) is 9.78 Å². The topological polar surface area (TPSA) is 111 Å². The van der Waals surface area contributed by atoms with Gasteiger partial charge in [0.25, 0.3) is 5.56 Å².